The van der Waals surface area contributed by atoms with E-state index in [9.17, 15) is 4.39 Å². The second-order valence-corrected chi connectivity index (χ2v) is 5.02. The van der Waals surface area contributed by atoms with Crippen LogP contribution < -0.4 is 5.73 Å². The van der Waals surface area contributed by atoms with Gasteiger partial charge in [0, 0.05) is 25.2 Å². The molecular weight excluding hydrogens is 229 g/mol. The Kier molecular flexibility index (Phi) is 3.95. The zero-order chi connectivity index (χ0) is 13.1. The van der Waals surface area contributed by atoms with E-state index in [-0.39, 0.29) is 11.9 Å². The summed E-state index contributed by atoms with van der Waals surface area (Å²) in [6.45, 7) is 3.66. The Morgan fingerprint density at radius 1 is 1.56 bits per heavy atom. The van der Waals surface area contributed by atoms with E-state index in [0.717, 1.165) is 24.9 Å². The summed E-state index contributed by atoms with van der Waals surface area (Å²) in [5, 5.41) is 9.04. The Morgan fingerprint density at radius 2 is 2.33 bits per heavy atom. The third kappa shape index (κ3) is 2.87. The van der Waals surface area contributed by atoms with E-state index < -0.39 is 0 Å². The smallest absolute Gasteiger partial charge is 0.123 e. The van der Waals surface area contributed by atoms with Crippen molar-refractivity contribution < 1.29 is 4.39 Å². The Bertz CT molecular complexity index is 467. The van der Waals surface area contributed by atoms with Crippen LogP contribution in [0.15, 0.2) is 18.2 Å². The molecule has 1 saturated heterocycles. The zero-order valence-corrected chi connectivity index (χ0v) is 10.6. The van der Waals surface area contributed by atoms with Crippen LogP contribution in [-0.4, -0.2) is 23.5 Å². The predicted molar refractivity (Wildman–Crippen MR) is 68.2 cm³/mol. The molecule has 1 aliphatic rings. The van der Waals surface area contributed by atoms with Crippen LogP contribution in [-0.2, 0) is 6.54 Å². The van der Waals surface area contributed by atoms with Gasteiger partial charge in [0.15, 0.2) is 0 Å². The van der Waals surface area contributed by atoms with Gasteiger partial charge in [0.2, 0.25) is 0 Å². The molecule has 2 N–H and O–H groups in total. The predicted octanol–water partition coefficient (Wildman–Crippen LogP) is 2.01. The highest BCUT2D eigenvalue weighted by molar-refractivity contribution is 5.37. The number of hydrogen-bond donors (Lipinski definition) is 1. The van der Waals surface area contributed by atoms with Crippen molar-refractivity contribution in [2.75, 3.05) is 6.54 Å². The third-order valence-electron chi connectivity index (χ3n) is 3.62. The van der Waals surface area contributed by atoms with Gasteiger partial charge < -0.3 is 5.73 Å². The van der Waals surface area contributed by atoms with Gasteiger partial charge in [-0.05, 0) is 43.5 Å². The van der Waals surface area contributed by atoms with Crippen LogP contribution in [0.2, 0.25) is 0 Å². The second kappa shape index (κ2) is 5.47. The molecular formula is C14H18FN3. The van der Waals surface area contributed by atoms with Gasteiger partial charge in [-0.3, -0.25) is 4.90 Å². The number of nitrogens with zero attached hydrogens (tertiary/aromatic N) is 2. The molecule has 0 saturated carbocycles. The zero-order valence-electron chi connectivity index (χ0n) is 10.6. The number of nitrogens with two attached hydrogens (primary N) is 1. The minimum atomic E-state index is -0.287. The summed E-state index contributed by atoms with van der Waals surface area (Å²) in [4.78, 5) is 2.26. The van der Waals surface area contributed by atoms with Gasteiger partial charge in [-0.15, -0.1) is 0 Å². The molecule has 0 bridgehead atoms. The molecule has 0 aromatic heterocycles. The van der Waals surface area contributed by atoms with Crippen LogP contribution in [0.3, 0.4) is 0 Å². The standard InChI is InChI=1S/C14H18FN3/c1-10-6-14(17)4-5-18(10)9-12-7-13(15)3-2-11(12)8-16/h2-3,7,10,14H,4-6,9,17H2,1H3. The first-order valence-electron chi connectivity index (χ1n) is 6.28. The minimum absolute atomic E-state index is 0.263. The first-order chi connectivity index (χ1) is 8.60. The van der Waals surface area contributed by atoms with E-state index in [2.05, 4.69) is 17.9 Å². The minimum Gasteiger partial charge on any atom is -0.328 e. The summed E-state index contributed by atoms with van der Waals surface area (Å²) >= 11 is 0. The largest absolute Gasteiger partial charge is 0.328 e. The van der Waals surface area contributed by atoms with Crippen molar-refractivity contribution in [1.29, 1.82) is 5.26 Å². The van der Waals surface area contributed by atoms with Crippen molar-refractivity contribution in [3.63, 3.8) is 0 Å². The highest BCUT2D eigenvalue weighted by Gasteiger charge is 2.23. The molecule has 1 aromatic carbocycles. The maximum absolute atomic E-state index is 13.2. The van der Waals surface area contributed by atoms with Crippen LogP contribution in [0, 0.1) is 17.1 Å². The van der Waals surface area contributed by atoms with E-state index in [1.165, 1.54) is 12.1 Å². The average Bonchev–Trinajstić information content (AvgIpc) is 2.33. The molecule has 0 spiro atoms. The Morgan fingerprint density at radius 3 is 3.00 bits per heavy atom. The fourth-order valence-electron chi connectivity index (χ4n) is 2.51. The average molecular weight is 247 g/mol. The fourth-order valence-corrected chi connectivity index (χ4v) is 2.51. The molecule has 1 aliphatic heterocycles. The van der Waals surface area contributed by atoms with Gasteiger partial charge in [0.05, 0.1) is 11.6 Å². The number of halogens is 1. The lowest BCUT2D eigenvalue weighted by Crippen LogP contribution is -2.45. The van der Waals surface area contributed by atoms with Gasteiger partial charge in [-0.1, -0.05) is 0 Å². The summed E-state index contributed by atoms with van der Waals surface area (Å²) in [6.07, 6.45) is 1.92. The number of nitriles is 1. The highest BCUT2D eigenvalue weighted by Crippen LogP contribution is 2.20. The molecule has 2 atom stereocenters. The highest BCUT2D eigenvalue weighted by atomic mass is 19.1. The van der Waals surface area contributed by atoms with E-state index in [4.69, 9.17) is 11.0 Å². The van der Waals surface area contributed by atoms with Crippen molar-refractivity contribution >= 4 is 0 Å². The molecule has 2 rings (SSSR count). The molecule has 18 heavy (non-hydrogen) atoms. The SMILES string of the molecule is CC1CC(N)CCN1Cc1cc(F)ccc1C#N. The lowest BCUT2D eigenvalue weighted by Gasteiger charge is -2.36. The molecule has 1 aromatic rings. The maximum Gasteiger partial charge on any atom is 0.123 e. The van der Waals surface area contributed by atoms with Gasteiger partial charge in [-0.25, -0.2) is 4.39 Å². The molecule has 0 radical (unpaired) electrons. The Hall–Kier alpha value is -1.44. The van der Waals surface area contributed by atoms with Crippen LogP contribution in [0.4, 0.5) is 4.39 Å². The van der Waals surface area contributed by atoms with Crippen molar-refractivity contribution in [3.8, 4) is 6.07 Å². The normalized spacial score (nSPS) is 24.8. The molecule has 3 nitrogen and oxygen atoms in total. The number of likely N-dealkylation sites (tertiary alicyclic amines) is 1. The van der Waals surface area contributed by atoms with E-state index >= 15 is 0 Å². The summed E-state index contributed by atoms with van der Waals surface area (Å²) in [5.41, 5.74) is 7.24. The van der Waals surface area contributed by atoms with Crippen molar-refractivity contribution in [2.24, 2.45) is 5.73 Å². The van der Waals surface area contributed by atoms with Crippen LogP contribution in [0.5, 0.6) is 0 Å². The molecule has 4 heteroatoms. The first-order valence-corrected chi connectivity index (χ1v) is 6.28. The first kappa shape index (κ1) is 13.0. The van der Waals surface area contributed by atoms with Crippen molar-refractivity contribution in [1.82, 2.24) is 4.90 Å². The summed E-state index contributed by atoms with van der Waals surface area (Å²) in [6, 6.07) is 7.10. The van der Waals surface area contributed by atoms with Crippen LogP contribution in [0.25, 0.3) is 0 Å². The lowest BCUT2D eigenvalue weighted by molar-refractivity contribution is 0.140. The third-order valence-corrected chi connectivity index (χ3v) is 3.62. The number of piperidine rings is 1. The fraction of sp³-hybridized carbons (Fsp3) is 0.500. The Labute approximate surface area is 107 Å². The van der Waals surface area contributed by atoms with Crippen molar-refractivity contribution in [3.05, 3.63) is 35.1 Å². The topological polar surface area (TPSA) is 53.0 Å². The molecule has 0 aliphatic carbocycles. The summed E-state index contributed by atoms with van der Waals surface area (Å²) in [5.74, 6) is -0.287. The monoisotopic (exact) mass is 247 g/mol. The lowest BCUT2D eigenvalue weighted by atomic mass is 9.97. The number of hydrogen-bond acceptors (Lipinski definition) is 3. The second-order valence-electron chi connectivity index (χ2n) is 5.02. The number of rotatable bonds is 2. The molecule has 2 unspecified atom stereocenters. The van der Waals surface area contributed by atoms with E-state index in [1.807, 2.05) is 0 Å². The van der Waals surface area contributed by atoms with Crippen LogP contribution >= 0.6 is 0 Å². The summed E-state index contributed by atoms with van der Waals surface area (Å²) in [7, 11) is 0. The van der Waals surface area contributed by atoms with Gasteiger partial charge >= 0.3 is 0 Å². The molecule has 96 valence electrons. The molecule has 1 heterocycles. The van der Waals surface area contributed by atoms with E-state index in [0.29, 0.717) is 18.2 Å². The van der Waals surface area contributed by atoms with Gasteiger partial charge in [-0.2, -0.15) is 5.26 Å². The molecule has 1 fully saturated rings. The summed E-state index contributed by atoms with van der Waals surface area (Å²) < 4.78 is 13.2. The molecule has 0 amide bonds. The van der Waals surface area contributed by atoms with Crippen LogP contribution in [0.1, 0.15) is 30.9 Å². The van der Waals surface area contributed by atoms with Gasteiger partial charge in [0.1, 0.15) is 5.82 Å². The Balaban J connectivity index is 2.14. The van der Waals surface area contributed by atoms with Gasteiger partial charge in [0.25, 0.3) is 0 Å². The quantitative estimate of drug-likeness (QED) is 0.869. The van der Waals surface area contributed by atoms with Crippen molar-refractivity contribution in [2.45, 2.75) is 38.4 Å². The number of benzene rings is 1. The van der Waals surface area contributed by atoms with E-state index in [1.54, 1.807) is 6.07 Å². The maximum atomic E-state index is 13.2.